The Morgan fingerprint density at radius 2 is 1.54 bits per heavy atom. The zero-order chi connectivity index (χ0) is 27.0. The zero-order valence-corrected chi connectivity index (χ0v) is 20.4. The summed E-state index contributed by atoms with van der Waals surface area (Å²) >= 11 is 0. The molecule has 0 aliphatic rings. The minimum atomic E-state index is -4.49. The van der Waals surface area contributed by atoms with Gasteiger partial charge in [0.1, 0.15) is 17.8 Å². The summed E-state index contributed by atoms with van der Waals surface area (Å²) in [6.07, 6.45) is -2.92. The fourth-order valence-corrected chi connectivity index (χ4v) is 3.59. The van der Waals surface area contributed by atoms with Gasteiger partial charge in [0.2, 0.25) is 11.8 Å². The van der Waals surface area contributed by atoms with Crippen molar-refractivity contribution in [2.24, 2.45) is 10.9 Å². The minimum absolute atomic E-state index is 0.0204. The number of halogens is 3. The van der Waals surface area contributed by atoms with E-state index >= 15 is 0 Å². The fraction of sp³-hybridized carbons (Fsp3) is 0.250. The molecule has 0 radical (unpaired) electrons. The number of rotatable bonds is 9. The van der Waals surface area contributed by atoms with Crippen molar-refractivity contribution >= 4 is 23.7 Å². The molecule has 3 aromatic carbocycles. The lowest BCUT2D eigenvalue weighted by Crippen LogP contribution is -2.49. The van der Waals surface area contributed by atoms with E-state index in [2.05, 4.69) is 15.6 Å². The van der Waals surface area contributed by atoms with E-state index in [-0.39, 0.29) is 23.8 Å². The van der Waals surface area contributed by atoms with Gasteiger partial charge in [0.15, 0.2) is 0 Å². The molecule has 0 saturated carbocycles. The van der Waals surface area contributed by atoms with E-state index in [0.717, 1.165) is 29.8 Å². The van der Waals surface area contributed by atoms with Crippen molar-refractivity contribution < 1.29 is 27.9 Å². The monoisotopic (exact) mass is 511 g/mol. The van der Waals surface area contributed by atoms with Crippen LogP contribution in [0.1, 0.15) is 30.5 Å². The van der Waals surface area contributed by atoms with Crippen LogP contribution in [0.5, 0.6) is 5.75 Å². The number of nitrogens with zero attached hydrogens (tertiary/aromatic N) is 1. The summed E-state index contributed by atoms with van der Waals surface area (Å²) in [6.45, 7) is 3.61. The van der Waals surface area contributed by atoms with Crippen molar-refractivity contribution in [1.29, 1.82) is 0 Å². The maximum atomic E-state index is 13.2. The molecular weight excluding hydrogens is 483 g/mol. The van der Waals surface area contributed by atoms with Crippen LogP contribution in [0.4, 0.5) is 18.9 Å². The van der Waals surface area contributed by atoms with E-state index in [1.165, 1.54) is 12.3 Å². The molecule has 37 heavy (non-hydrogen) atoms. The maximum absolute atomic E-state index is 13.2. The smallest absolute Gasteiger partial charge is 0.416 e. The SMILES string of the molecule is CC(C)[C@H](N=Cc1ccccc1O)C(=O)N[C@H](Cc1ccccc1)C(=O)Nc1ccc(C(F)(F)F)cc1. The number of para-hydroxylation sites is 1. The summed E-state index contributed by atoms with van der Waals surface area (Å²) in [6, 6.07) is 17.8. The van der Waals surface area contributed by atoms with Gasteiger partial charge < -0.3 is 15.7 Å². The van der Waals surface area contributed by atoms with Crippen molar-refractivity contribution in [3.8, 4) is 5.75 Å². The summed E-state index contributed by atoms with van der Waals surface area (Å²) in [5, 5.41) is 15.3. The van der Waals surface area contributed by atoms with E-state index < -0.39 is 35.6 Å². The molecule has 3 aromatic rings. The van der Waals surface area contributed by atoms with Gasteiger partial charge in [0, 0.05) is 23.9 Å². The van der Waals surface area contributed by atoms with Gasteiger partial charge in [-0.05, 0) is 47.9 Å². The van der Waals surface area contributed by atoms with Gasteiger partial charge >= 0.3 is 6.18 Å². The Bertz CT molecular complexity index is 1230. The summed E-state index contributed by atoms with van der Waals surface area (Å²) < 4.78 is 38.6. The number of aromatic hydroxyl groups is 1. The van der Waals surface area contributed by atoms with Gasteiger partial charge in [0.05, 0.1) is 5.56 Å². The number of carbonyl (C=O) groups is 2. The first-order chi connectivity index (χ1) is 17.5. The van der Waals surface area contributed by atoms with Crippen LogP contribution in [0.3, 0.4) is 0 Å². The molecule has 0 aliphatic carbocycles. The number of hydrogen-bond acceptors (Lipinski definition) is 4. The average Bonchev–Trinajstić information content (AvgIpc) is 2.85. The van der Waals surface area contributed by atoms with Crippen LogP contribution in [-0.4, -0.2) is 35.2 Å². The van der Waals surface area contributed by atoms with E-state index in [4.69, 9.17) is 0 Å². The molecule has 0 heterocycles. The van der Waals surface area contributed by atoms with Crippen LogP contribution < -0.4 is 10.6 Å². The Labute approximate surface area is 213 Å². The molecule has 2 atom stereocenters. The number of phenols is 1. The molecule has 0 saturated heterocycles. The highest BCUT2D eigenvalue weighted by Gasteiger charge is 2.31. The first-order valence-corrected chi connectivity index (χ1v) is 11.7. The first kappa shape index (κ1) is 27.4. The van der Waals surface area contributed by atoms with Gasteiger partial charge in [-0.15, -0.1) is 0 Å². The van der Waals surface area contributed by atoms with Crippen molar-refractivity contribution in [1.82, 2.24) is 5.32 Å². The number of phenolic OH excluding ortho intramolecular Hbond substituents is 1. The number of hydrogen-bond donors (Lipinski definition) is 3. The van der Waals surface area contributed by atoms with Crippen LogP contribution in [0.15, 0.2) is 83.9 Å². The second-order valence-electron chi connectivity index (χ2n) is 8.84. The number of carbonyl (C=O) groups excluding carboxylic acids is 2. The number of anilines is 1. The van der Waals surface area contributed by atoms with Gasteiger partial charge in [-0.25, -0.2) is 0 Å². The molecule has 2 amide bonds. The van der Waals surface area contributed by atoms with Gasteiger partial charge in [-0.1, -0.05) is 56.3 Å². The van der Waals surface area contributed by atoms with Gasteiger partial charge in [-0.2, -0.15) is 13.2 Å². The third-order valence-corrected chi connectivity index (χ3v) is 5.61. The predicted molar refractivity (Wildman–Crippen MR) is 136 cm³/mol. The van der Waals surface area contributed by atoms with Crippen molar-refractivity contribution in [3.63, 3.8) is 0 Å². The quantitative estimate of drug-likeness (QED) is 0.344. The molecule has 6 nitrogen and oxygen atoms in total. The predicted octanol–water partition coefficient (Wildman–Crippen LogP) is 5.22. The van der Waals surface area contributed by atoms with Crippen LogP contribution >= 0.6 is 0 Å². The number of benzene rings is 3. The summed E-state index contributed by atoms with van der Waals surface area (Å²) in [7, 11) is 0. The average molecular weight is 512 g/mol. The van der Waals surface area contributed by atoms with Crippen LogP contribution in [0, 0.1) is 5.92 Å². The zero-order valence-electron chi connectivity index (χ0n) is 20.4. The summed E-state index contributed by atoms with van der Waals surface area (Å²) in [4.78, 5) is 30.7. The molecule has 0 aromatic heterocycles. The molecular formula is C28H28F3N3O3. The number of amides is 2. The molecule has 0 fully saturated rings. The molecule has 3 N–H and O–H groups in total. The fourth-order valence-electron chi connectivity index (χ4n) is 3.59. The minimum Gasteiger partial charge on any atom is -0.507 e. The largest absolute Gasteiger partial charge is 0.507 e. The lowest BCUT2D eigenvalue weighted by Gasteiger charge is -2.23. The lowest BCUT2D eigenvalue weighted by molar-refractivity contribution is -0.137. The molecule has 194 valence electrons. The van der Waals surface area contributed by atoms with Crippen LogP contribution in [0.25, 0.3) is 0 Å². The highest BCUT2D eigenvalue weighted by Crippen LogP contribution is 2.29. The topological polar surface area (TPSA) is 90.8 Å². The van der Waals surface area contributed by atoms with E-state index in [0.29, 0.717) is 5.56 Å². The second kappa shape index (κ2) is 12.2. The molecule has 0 bridgehead atoms. The number of nitrogens with one attached hydrogen (secondary N) is 2. The second-order valence-corrected chi connectivity index (χ2v) is 8.84. The third-order valence-electron chi connectivity index (χ3n) is 5.61. The molecule has 0 aliphatic heterocycles. The standard InChI is InChI=1S/C28H28F3N3O3/c1-18(2)25(32-17-20-10-6-7-11-24(20)35)27(37)34-23(16-19-8-4-3-5-9-19)26(36)33-22-14-12-21(13-15-22)28(29,30)31/h3-15,17-18,23,25,35H,16H2,1-2H3,(H,33,36)(H,34,37)/t23-,25+/m1/s1. The molecule has 9 heteroatoms. The Kier molecular flexibility index (Phi) is 9.05. The lowest BCUT2D eigenvalue weighted by atomic mass is 10.0. The number of alkyl halides is 3. The highest BCUT2D eigenvalue weighted by atomic mass is 19.4. The van der Waals surface area contributed by atoms with Crippen LogP contribution in [-0.2, 0) is 22.2 Å². The van der Waals surface area contributed by atoms with E-state index in [1.807, 2.05) is 6.07 Å². The summed E-state index contributed by atoms with van der Waals surface area (Å²) in [5.74, 6) is -1.28. The Morgan fingerprint density at radius 3 is 2.14 bits per heavy atom. The van der Waals surface area contributed by atoms with E-state index in [9.17, 15) is 27.9 Å². The Morgan fingerprint density at radius 1 is 0.919 bits per heavy atom. The normalized spacial score (nSPS) is 13.4. The Hall–Kier alpha value is -4.14. The highest BCUT2D eigenvalue weighted by molar-refractivity contribution is 5.98. The van der Waals surface area contributed by atoms with Gasteiger partial charge in [0.25, 0.3) is 0 Å². The van der Waals surface area contributed by atoms with Crippen molar-refractivity contribution in [2.75, 3.05) is 5.32 Å². The van der Waals surface area contributed by atoms with E-state index in [1.54, 1.807) is 56.3 Å². The number of aliphatic imine (C=N–C) groups is 1. The molecule has 0 unspecified atom stereocenters. The molecule has 3 rings (SSSR count). The van der Waals surface area contributed by atoms with Crippen molar-refractivity contribution in [3.05, 3.63) is 95.6 Å². The first-order valence-electron chi connectivity index (χ1n) is 11.7. The molecule has 0 spiro atoms. The van der Waals surface area contributed by atoms with Crippen molar-refractivity contribution in [2.45, 2.75) is 38.5 Å². The Balaban J connectivity index is 1.80. The third kappa shape index (κ3) is 7.93. The van der Waals surface area contributed by atoms with Crippen LogP contribution in [0.2, 0.25) is 0 Å². The maximum Gasteiger partial charge on any atom is 0.416 e. The van der Waals surface area contributed by atoms with Gasteiger partial charge in [-0.3, -0.25) is 14.6 Å². The summed E-state index contributed by atoms with van der Waals surface area (Å²) in [5.41, 5.74) is 0.570.